The molecule has 1 fully saturated rings. The molecule has 1 saturated carbocycles. The molecule has 0 spiro atoms. The summed E-state index contributed by atoms with van der Waals surface area (Å²) >= 11 is 7.77. The Hall–Kier alpha value is -0.280. The maximum absolute atomic E-state index is 5.99. The number of hydrogen-bond acceptors (Lipinski definition) is 3. The van der Waals surface area contributed by atoms with E-state index in [9.17, 15) is 0 Å². The third-order valence-corrected chi connectivity index (χ3v) is 4.46. The first kappa shape index (κ1) is 11.2. The summed E-state index contributed by atoms with van der Waals surface area (Å²) < 4.78 is 0. The van der Waals surface area contributed by atoms with Crippen molar-refractivity contribution in [3.8, 4) is 0 Å². The van der Waals surface area contributed by atoms with Crippen LogP contribution in [0.5, 0.6) is 0 Å². The van der Waals surface area contributed by atoms with E-state index in [-0.39, 0.29) is 0 Å². The second-order valence-corrected chi connectivity index (χ2v) is 5.81. The Morgan fingerprint density at radius 1 is 1.33 bits per heavy atom. The molecule has 0 radical (unpaired) electrons. The average molecular weight is 243 g/mol. The smallest absolute Gasteiger partial charge is 0.161 e. The number of rotatable bonds is 2. The summed E-state index contributed by atoms with van der Waals surface area (Å²) in [5.41, 5.74) is 0. The highest BCUT2D eigenvalue weighted by atomic mass is 35.5. The molecule has 0 bridgehead atoms. The van der Waals surface area contributed by atoms with Gasteiger partial charge in [0.2, 0.25) is 0 Å². The monoisotopic (exact) mass is 242 g/mol. The number of hydrogen-bond donors (Lipinski definition) is 0. The van der Waals surface area contributed by atoms with Crippen molar-refractivity contribution in [2.45, 2.75) is 42.9 Å². The second-order valence-electron chi connectivity index (χ2n) is 4.16. The Kier molecular flexibility index (Phi) is 3.87. The van der Waals surface area contributed by atoms with Crippen LogP contribution in [-0.4, -0.2) is 15.2 Å². The highest BCUT2D eigenvalue weighted by Gasteiger charge is 2.21. The summed E-state index contributed by atoms with van der Waals surface area (Å²) in [6.07, 6.45) is 8.60. The van der Waals surface area contributed by atoms with E-state index in [1.54, 1.807) is 24.2 Å². The SMILES string of the molecule is CC1CCCC(Sc2nccnc2Cl)C1. The van der Waals surface area contributed by atoms with Crippen molar-refractivity contribution >= 4 is 23.4 Å². The summed E-state index contributed by atoms with van der Waals surface area (Å²) in [6.45, 7) is 2.32. The number of aromatic nitrogens is 2. The van der Waals surface area contributed by atoms with Crippen LogP contribution in [0, 0.1) is 5.92 Å². The molecule has 1 heterocycles. The third kappa shape index (κ3) is 3.08. The maximum Gasteiger partial charge on any atom is 0.161 e. The molecule has 0 aromatic carbocycles. The van der Waals surface area contributed by atoms with Gasteiger partial charge in [0, 0.05) is 17.6 Å². The fraction of sp³-hybridized carbons (Fsp3) is 0.636. The van der Waals surface area contributed by atoms with Gasteiger partial charge in [0.05, 0.1) is 0 Å². The van der Waals surface area contributed by atoms with E-state index in [1.807, 2.05) is 0 Å². The number of thioether (sulfide) groups is 1. The van der Waals surface area contributed by atoms with Gasteiger partial charge in [0.1, 0.15) is 5.03 Å². The molecule has 82 valence electrons. The van der Waals surface area contributed by atoms with E-state index in [1.165, 1.54) is 25.7 Å². The lowest BCUT2D eigenvalue weighted by Gasteiger charge is -2.25. The van der Waals surface area contributed by atoms with Crippen LogP contribution in [0.2, 0.25) is 5.15 Å². The van der Waals surface area contributed by atoms with Gasteiger partial charge in [-0.05, 0) is 18.8 Å². The Morgan fingerprint density at radius 3 is 2.87 bits per heavy atom. The topological polar surface area (TPSA) is 25.8 Å². The van der Waals surface area contributed by atoms with Crippen LogP contribution in [0.4, 0.5) is 0 Å². The quantitative estimate of drug-likeness (QED) is 0.789. The third-order valence-electron chi connectivity index (χ3n) is 2.79. The van der Waals surface area contributed by atoms with Gasteiger partial charge in [0.25, 0.3) is 0 Å². The largest absolute Gasteiger partial charge is 0.245 e. The second kappa shape index (κ2) is 5.17. The van der Waals surface area contributed by atoms with Crippen LogP contribution in [-0.2, 0) is 0 Å². The number of halogens is 1. The van der Waals surface area contributed by atoms with Crippen LogP contribution in [0.15, 0.2) is 17.4 Å². The summed E-state index contributed by atoms with van der Waals surface area (Å²) in [7, 11) is 0. The fourth-order valence-electron chi connectivity index (χ4n) is 2.03. The molecule has 1 aromatic heterocycles. The van der Waals surface area contributed by atoms with E-state index in [4.69, 9.17) is 11.6 Å². The Balaban J connectivity index is 1.99. The highest BCUT2D eigenvalue weighted by molar-refractivity contribution is 8.00. The van der Waals surface area contributed by atoms with Gasteiger partial charge < -0.3 is 0 Å². The molecular weight excluding hydrogens is 228 g/mol. The van der Waals surface area contributed by atoms with Crippen molar-refractivity contribution in [3.05, 3.63) is 17.5 Å². The normalized spacial score (nSPS) is 26.5. The van der Waals surface area contributed by atoms with Gasteiger partial charge in [-0.15, -0.1) is 0 Å². The van der Waals surface area contributed by atoms with Crippen LogP contribution < -0.4 is 0 Å². The van der Waals surface area contributed by atoms with Gasteiger partial charge in [0.15, 0.2) is 5.15 Å². The standard InChI is InChI=1S/C11H15ClN2S/c1-8-3-2-4-9(7-8)15-11-10(12)13-5-6-14-11/h5-6,8-9H,2-4,7H2,1H3. The summed E-state index contributed by atoms with van der Waals surface area (Å²) in [5.74, 6) is 0.840. The molecule has 2 atom stereocenters. The van der Waals surface area contributed by atoms with Crippen molar-refractivity contribution in [1.82, 2.24) is 9.97 Å². The van der Waals surface area contributed by atoms with E-state index >= 15 is 0 Å². The minimum atomic E-state index is 0.542. The molecule has 1 aromatic rings. The van der Waals surface area contributed by atoms with Gasteiger partial charge in [-0.3, -0.25) is 0 Å². The molecule has 0 amide bonds. The molecule has 0 N–H and O–H groups in total. The summed E-state index contributed by atoms with van der Waals surface area (Å²) in [5, 5.41) is 2.10. The highest BCUT2D eigenvalue weighted by Crippen LogP contribution is 2.36. The first-order valence-corrected chi connectivity index (χ1v) is 6.64. The molecule has 2 rings (SSSR count). The van der Waals surface area contributed by atoms with Gasteiger partial charge in [-0.1, -0.05) is 43.1 Å². The molecule has 1 aliphatic rings. The average Bonchev–Trinajstić information content (AvgIpc) is 2.22. The van der Waals surface area contributed by atoms with E-state index in [0.29, 0.717) is 10.4 Å². The van der Waals surface area contributed by atoms with E-state index in [2.05, 4.69) is 16.9 Å². The molecule has 4 heteroatoms. The van der Waals surface area contributed by atoms with Gasteiger partial charge in [-0.2, -0.15) is 0 Å². The Labute approximate surface area is 99.8 Å². The minimum Gasteiger partial charge on any atom is -0.245 e. The van der Waals surface area contributed by atoms with Crippen LogP contribution >= 0.6 is 23.4 Å². The minimum absolute atomic E-state index is 0.542. The predicted molar refractivity (Wildman–Crippen MR) is 64.3 cm³/mol. The summed E-state index contributed by atoms with van der Waals surface area (Å²) in [4.78, 5) is 8.31. The molecule has 0 saturated heterocycles. The van der Waals surface area contributed by atoms with Gasteiger partial charge in [-0.25, -0.2) is 9.97 Å². The van der Waals surface area contributed by atoms with Crippen LogP contribution in [0.25, 0.3) is 0 Å². The molecule has 2 unspecified atom stereocenters. The molecule has 15 heavy (non-hydrogen) atoms. The van der Waals surface area contributed by atoms with Crippen molar-refractivity contribution in [2.75, 3.05) is 0 Å². The first-order valence-electron chi connectivity index (χ1n) is 5.39. The van der Waals surface area contributed by atoms with Crippen LogP contribution in [0.3, 0.4) is 0 Å². The predicted octanol–water partition coefficient (Wildman–Crippen LogP) is 3.80. The van der Waals surface area contributed by atoms with E-state index in [0.717, 1.165) is 10.9 Å². The maximum atomic E-state index is 5.99. The zero-order chi connectivity index (χ0) is 10.7. The number of nitrogens with zero attached hydrogens (tertiary/aromatic N) is 2. The molecular formula is C11H15ClN2S. The van der Waals surface area contributed by atoms with Crippen molar-refractivity contribution in [3.63, 3.8) is 0 Å². The molecule has 0 aliphatic heterocycles. The van der Waals surface area contributed by atoms with Crippen molar-refractivity contribution < 1.29 is 0 Å². The van der Waals surface area contributed by atoms with Crippen molar-refractivity contribution in [1.29, 1.82) is 0 Å². The zero-order valence-electron chi connectivity index (χ0n) is 8.82. The summed E-state index contributed by atoms with van der Waals surface area (Å²) in [6, 6.07) is 0. The Morgan fingerprint density at radius 2 is 2.13 bits per heavy atom. The lowest BCUT2D eigenvalue weighted by Crippen LogP contribution is -2.15. The zero-order valence-corrected chi connectivity index (χ0v) is 10.4. The molecule has 1 aliphatic carbocycles. The Bertz CT molecular complexity index is 332. The van der Waals surface area contributed by atoms with Gasteiger partial charge >= 0.3 is 0 Å². The van der Waals surface area contributed by atoms with E-state index < -0.39 is 0 Å². The first-order chi connectivity index (χ1) is 7.25. The fourth-order valence-corrected chi connectivity index (χ4v) is 3.57. The van der Waals surface area contributed by atoms with Crippen LogP contribution in [0.1, 0.15) is 32.6 Å². The van der Waals surface area contributed by atoms with Crippen molar-refractivity contribution in [2.24, 2.45) is 5.92 Å². The molecule has 2 nitrogen and oxygen atoms in total. The lowest BCUT2D eigenvalue weighted by molar-refractivity contribution is 0.394. The lowest BCUT2D eigenvalue weighted by atomic mass is 9.91.